The maximum Gasteiger partial charge on any atom is 0.338 e. The van der Waals surface area contributed by atoms with Gasteiger partial charge in [0.05, 0.1) is 10.6 Å². The summed E-state index contributed by atoms with van der Waals surface area (Å²) in [6, 6.07) is 10.1. The van der Waals surface area contributed by atoms with Crippen LogP contribution in [0.3, 0.4) is 0 Å². The molecule has 0 aromatic heterocycles. The fourth-order valence-corrected chi connectivity index (χ4v) is 1.95. The van der Waals surface area contributed by atoms with Gasteiger partial charge < -0.3 is 15.2 Å². The molecule has 0 fully saturated rings. The molecule has 0 saturated carbocycles. The molecule has 0 atom stereocenters. The van der Waals surface area contributed by atoms with Crippen molar-refractivity contribution in [2.45, 2.75) is 6.61 Å². The van der Waals surface area contributed by atoms with Gasteiger partial charge in [0.25, 0.3) is 5.91 Å². The summed E-state index contributed by atoms with van der Waals surface area (Å²) < 4.78 is 23.7. The SMILES string of the molecule is NC(=O)COc1ccc(C(=O)OCc2c(F)cccc2Cl)cc1. The van der Waals surface area contributed by atoms with E-state index in [-0.39, 0.29) is 29.4 Å². The van der Waals surface area contributed by atoms with Crippen molar-refractivity contribution in [3.05, 3.63) is 64.4 Å². The van der Waals surface area contributed by atoms with Crippen LogP contribution in [0.25, 0.3) is 0 Å². The number of carbonyl (C=O) groups excluding carboxylic acids is 2. The number of esters is 1. The first kappa shape index (κ1) is 16.8. The first-order chi connectivity index (χ1) is 11.0. The average Bonchev–Trinajstić information content (AvgIpc) is 2.52. The summed E-state index contributed by atoms with van der Waals surface area (Å²) in [5.41, 5.74) is 5.33. The fraction of sp³-hybridized carbons (Fsp3) is 0.125. The number of halogens is 2. The van der Waals surface area contributed by atoms with E-state index in [1.165, 1.54) is 42.5 Å². The number of primary amides is 1. The summed E-state index contributed by atoms with van der Waals surface area (Å²) in [6.45, 7) is -0.528. The van der Waals surface area contributed by atoms with Gasteiger partial charge in [0.2, 0.25) is 0 Å². The van der Waals surface area contributed by atoms with E-state index in [0.717, 1.165) is 0 Å². The van der Waals surface area contributed by atoms with Crippen molar-refractivity contribution in [3.8, 4) is 5.75 Å². The zero-order valence-corrected chi connectivity index (χ0v) is 12.7. The third-order valence-corrected chi connectivity index (χ3v) is 3.23. The van der Waals surface area contributed by atoms with Gasteiger partial charge in [-0.25, -0.2) is 9.18 Å². The lowest BCUT2D eigenvalue weighted by atomic mass is 10.2. The van der Waals surface area contributed by atoms with Gasteiger partial charge in [0, 0.05) is 5.56 Å². The Morgan fingerprint density at radius 1 is 1.13 bits per heavy atom. The highest BCUT2D eigenvalue weighted by Crippen LogP contribution is 2.20. The van der Waals surface area contributed by atoms with Crippen LogP contribution in [0.5, 0.6) is 5.75 Å². The molecule has 0 bridgehead atoms. The van der Waals surface area contributed by atoms with Crippen molar-refractivity contribution in [2.75, 3.05) is 6.61 Å². The van der Waals surface area contributed by atoms with Crippen molar-refractivity contribution < 1.29 is 23.5 Å². The molecule has 0 saturated heterocycles. The van der Waals surface area contributed by atoms with Crippen LogP contribution in [0.4, 0.5) is 4.39 Å². The summed E-state index contributed by atoms with van der Waals surface area (Å²) in [6.07, 6.45) is 0. The number of nitrogens with two attached hydrogens (primary N) is 1. The maximum absolute atomic E-state index is 13.6. The predicted molar refractivity (Wildman–Crippen MR) is 81.7 cm³/mol. The maximum atomic E-state index is 13.6. The minimum Gasteiger partial charge on any atom is -0.484 e. The number of amides is 1. The number of benzene rings is 2. The molecule has 2 aromatic rings. The molecule has 0 spiro atoms. The van der Waals surface area contributed by atoms with E-state index in [0.29, 0.717) is 5.75 Å². The van der Waals surface area contributed by atoms with E-state index in [2.05, 4.69) is 0 Å². The lowest BCUT2D eigenvalue weighted by Gasteiger charge is -2.08. The summed E-state index contributed by atoms with van der Waals surface area (Å²) >= 11 is 5.85. The van der Waals surface area contributed by atoms with Crippen LogP contribution in [0.1, 0.15) is 15.9 Å². The van der Waals surface area contributed by atoms with Crippen molar-refractivity contribution in [3.63, 3.8) is 0 Å². The Morgan fingerprint density at radius 3 is 2.43 bits per heavy atom. The topological polar surface area (TPSA) is 78.6 Å². The van der Waals surface area contributed by atoms with Crippen LogP contribution in [0, 0.1) is 5.82 Å². The van der Waals surface area contributed by atoms with Gasteiger partial charge in [-0.1, -0.05) is 17.7 Å². The molecule has 0 aliphatic heterocycles. The van der Waals surface area contributed by atoms with Gasteiger partial charge in [-0.3, -0.25) is 4.79 Å². The number of hydrogen-bond donors (Lipinski definition) is 1. The number of hydrogen-bond acceptors (Lipinski definition) is 4. The quantitative estimate of drug-likeness (QED) is 0.822. The third kappa shape index (κ3) is 4.69. The van der Waals surface area contributed by atoms with E-state index in [1.54, 1.807) is 0 Å². The Kier molecular flexibility index (Phi) is 5.54. The number of rotatable bonds is 6. The molecule has 0 unspecified atom stereocenters. The van der Waals surface area contributed by atoms with E-state index in [9.17, 15) is 14.0 Å². The highest BCUT2D eigenvalue weighted by molar-refractivity contribution is 6.31. The van der Waals surface area contributed by atoms with Crippen molar-refractivity contribution in [1.29, 1.82) is 0 Å². The Labute approximate surface area is 136 Å². The van der Waals surface area contributed by atoms with Gasteiger partial charge in [0.15, 0.2) is 6.61 Å². The van der Waals surface area contributed by atoms with Crippen LogP contribution in [0.2, 0.25) is 5.02 Å². The summed E-state index contributed by atoms with van der Waals surface area (Å²) in [5, 5.41) is 0.188. The largest absolute Gasteiger partial charge is 0.484 e. The first-order valence-electron chi connectivity index (χ1n) is 6.58. The summed E-state index contributed by atoms with van der Waals surface area (Å²) in [7, 11) is 0. The standard InChI is InChI=1S/C16H13ClFNO4/c17-13-2-1-3-14(18)12(13)8-23-16(21)10-4-6-11(7-5-10)22-9-15(19)20/h1-7H,8-9H2,(H2,19,20). The minimum absolute atomic E-state index is 0.115. The zero-order chi connectivity index (χ0) is 16.8. The Bertz CT molecular complexity index is 698. The molecule has 2 N–H and O–H groups in total. The van der Waals surface area contributed by atoms with E-state index in [4.69, 9.17) is 26.8 Å². The van der Waals surface area contributed by atoms with Crippen LogP contribution < -0.4 is 10.5 Å². The van der Waals surface area contributed by atoms with Crippen LogP contribution >= 0.6 is 11.6 Å². The molecule has 120 valence electrons. The third-order valence-electron chi connectivity index (χ3n) is 2.88. The predicted octanol–water partition coefficient (Wildman–Crippen LogP) is 2.70. The summed E-state index contributed by atoms with van der Waals surface area (Å²) in [5.74, 6) is -1.39. The number of ether oxygens (including phenoxy) is 2. The highest BCUT2D eigenvalue weighted by atomic mass is 35.5. The second-order valence-electron chi connectivity index (χ2n) is 4.56. The van der Waals surface area contributed by atoms with Crippen LogP contribution in [0.15, 0.2) is 42.5 Å². The summed E-state index contributed by atoms with van der Waals surface area (Å²) in [4.78, 5) is 22.5. The molecule has 7 heteroatoms. The molecule has 23 heavy (non-hydrogen) atoms. The Hall–Kier alpha value is -2.60. The average molecular weight is 338 g/mol. The van der Waals surface area contributed by atoms with Gasteiger partial charge in [0.1, 0.15) is 18.2 Å². The highest BCUT2D eigenvalue weighted by Gasteiger charge is 2.12. The molecular weight excluding hydrogens is 325 g/mol. The number of carbonyl (C=O) groups is 2. The monoisotopic (exact) mass is 337 g/mol. The van der Waals surface area contributed by atoms with Crippen molar-refractivity contribution >= 4 is 23.5 Å². The molecular formula is C16H13ClFNO4. The zero-order valence-electron chi connectivity index (χ0n) is 11.9. The Morgan fingerprint density at radius 2 is 1.83 bits per heavy atom. The fourth-order valence-electron chi connectivity index (χ4n) is 1.73. The molecule has 0 heterocycles. The molecule has 0 radical (unpaired) electrons. The van der Waals surface area contributed by atoms with Gasteiger partial charge in [-0.2, -0.15) is 0 Å². The van der Waals surface area contributed by atoms with Gasteiger partial charge in [-0.05, 0) is 36.4 Å². The normalized spacial score (nSPS) is 10.2. The molecule has 2 rings (SSSR count). The Balaban J connectivity index is 1.97. The first-order valence-corrected chi connectivity index (χ1v) is 6.96. The van der Waals surface area contributed by atoms with E-state index in [1.807, 2.05) is 0 Å². The molecule has 0 aliphatic rings. The van der Waals surface area contributed by atoms with Crippen LogP contribution in [-0.2, 0) is 16.1 Å². The lowest BCUT2D eigenvalue weighted by molar-refractivity contribution is -0.119. The second kappa shape index (κ2) is 7.60. The van der Waals surface area contributed by atoms with Gasteiger partial charge in [-0.15, -0.1) is 0 Å². The van der Waals surface area contributed by atoms with Gasteiger partial charge >= 0.3 is 5.97 Å². The smallest absolute Gasteiger partial charge is 0.338 e. The second-order valence-corrected chi connectivity index (χ2v) is 4.96. The molecule has 1 amide bonds. The van der Waals surface area contributed by atoms with Crippen molar-refractivity contribution in [1.82, 2.24) is 0 Å². The molecule has 2 aromatic carbocycles. The molecule has 5 nitrogen and oxygen atoms in total. The van der Waals surface area contributed by atoms with Crippen molar-refractivity contribution in [2.24, 2.45) is 5.73 Å². The minimum atomic E-state index is -0.634. The van der Waals surface area contributed by atoms with E-state index < -0.39 is 17.7 Å². The van der Waals surface area contributed by atoms with E-state index >= 15 is 0 Å². The lowest BCUT2D eigenvalue weighted by Crippen LogP contribution is -2.20. The van der Waals surface area contributed by atoms with Crippen LogP contribution in [-0.4, -0.2) is 18.5 Å². The molecule has 0 aliphatic carbocycles.